The predicted molar refractivity (Wildman–Crippen MR) is 97.2 cm³/mol. The van der Waals surface area contributed by atoms with Crippen LogP contribution in [-0.4, -0.2) is 14.2 Å². The molecule has 0 aromatic heterocycles. The average molecular weight is 512 g/mol. The van der Waals surface area contributed by atoms with E-state index >= 15 is 0 Å². The molecular weight excluding hydrogens is 499 g/mol. The van der Waals surface area contributed by atoms with Gasteiger partial charge in [0, 0.05) is 8.04 Å². The van der Waals surface area contributed by atoms with Crippen LogP contribution < -0.4 is 9.47 Å². The summed E-state index contributed by atoms with van der Waals surface area (Å²) in [5.74, 6) is 1.47. The number of benzene rings is 2. The molecule has 20 heavy (non-hydrogen) atoms. The zero-order chi connectivity index (χ0) is 14.7. The second kappa shape index (κ2) is 7.13. The average Bonchev–Trinajstić information content (AvgIpc) is 2.48. The van der Waals surface area contributed by atoms with Crippen LogP contribution in [-0.2, 0) is 0 Å². The van der Waals surface area contributed by atoms with Crippen molar-refractivity contribution in [3.05, 3.63) is 55.6 Å². The molecule has 0 aliphatic carbocycles. The molecule has 0 aliphatic heterocycles. The minimum atomic E-state index is 0.0893. The molecule has 0 aliphatic rings. The summed E-state index contributed by atoms with van der Waals surface area (Å²) in [5.41, 5.74) is 2.30. The highest BCUT2D eigenvalue weighted by molar-refractivity contribution is 14.1. The van der Waals surface area contributed by atoms with E-state index in [4.69, 9.17) is 9.47 Å². The highest BCUT2D eigenvalue weighted by atomic mass is 127. The Morgan fingerprint density at radius 3 is 2.35 bits per heavy atom. The van der Waals surface area contributed by atoms with Crippen LogP contribution in [0.5, 0.6) is 11.5 Å². The van der Waals surface area contributed by atoms with Gasteiger partial charge < -0.3 is 9.47 Å². The van der Waals surface area contributed by atoms with Gasteiger partial charge in [0.15, 0.2) is 11.5 Å². The van der Waals surface area contributed by atoms with Crippen molar-refractivity contribution in [1.29, 1.82) is 0 Å². The molecule has 2 aromatic carbocycles. The van der Waals surface area contributed by atoms with Crippen molar-refractivity contribution in [2.45, 2.75) is 4.83 Å². The fourth-order valence-corrected chi connectivity index (χ4v) is 3.86. The Labute approximate surface area is 149 Å². The van der Waals surface area contributed by atoms with Crippen molar-refractivity contribution >= 4 is 54.5 Å². The zero-order valence-corrected chi connectivity index (χ0v) is 16.3. The Morgan fingerprint density at radius 2 is 1.70 bits per heavy atom. The van der Waals surface area contributed by atoms with E-state index in [2.05, 4.69) is 72.6 Å². The van der Waals surface area contributed by atoms with Crippen LogP contribution in [0.4, 0.5) is 0 Å². The molecule has 0 bridgehead atoms. The quantitative estimate of drug-likeness (QED) is 0.395. The molecular formula is C15H13Br2IO2. The standard InChI is InChI=1S/C15H13Br2IO2/c1-19-13-6-3-9(7-14(13)20-2)15(17)11-8-10(18)4-5-12(11)16/h3-8,15H,1-2H3. The summed E-state index contributed by atoms with van der Waals surface area (Å²) in [5, 5.41) is 0. The molecule has 0 saturated carbocycles. The third-order valence-corrected chi connectivity index (χ3v) is 5.35. The van der Waals surface area contributed by atoms with Crippen molar-refractivity contribution in [3.8, 4) is 11.5 Å². The Balaban J connectivity index is 2.42. The second-order valence-electron chi connectivity index (χ2n) is 4.14. The van der Waals surface area contributed by atoms with Gasteiger partial charge in [-0.3, -0.25) is 0 Å². The van der Waals surface area contributed by atoms with Gasteiger partial charge in [-0.25, -0.2) is 0 Å². The van der Waals surface area contributed by atoms with Crippen molar-refractivity contribution in [1.82, 2.24) is 0 Å². The molecule has 5 heteroatoms. The van der Waals surface area contributed by atoms with Gasteiger partial charge in [0.1, 0.15) is 0 Å². The molecule has 0 radical (unpaired) electrons. The lowest BCUT2D eigenvalue weighted by Crippen LogP contribution is -1.97. The van der Waals surface area contributed by atoms with E-state index in [0.717, 1.165) is 21.5 Å². The molecule has 1 unspecified atom stereocenters. The molecule has 0 fully saturated rings. The Bertz CT molecular complexity index is 617. The van der Waals surface area contributed by atoms with Gasteiger partial charge in [-0.05, 0) is 64.0 Å². The van der Waals surface area contributed by atoms with E-state index in [1.54, 1.807) is 14.2 Å². The first-order valence-corrected chi connectivity index (χ1v) is 8.66. The monoisotopic (exact) mass is 510 g/mol. The number of hydrogen-bond acceptors (Lipinski definition) is 2. The Morgan fingerprint density at radius 1 is 1.00 bits per heavy atom. The molecule has 0 saturated heterocycles. The van der Waals surface area contributed by atoms with E-state index in [0.29, 0.717) is 0 Å². The highest BCUT2D eigenvalue weighted by Gasteiger charge is 2.16. The molecule has 0 spiro atoms. The molecule has 2 aromatic rings. The lowest BCUT2D eigenvalue weighted by Gasteiger charge is -2.15. The zero-order valence-electron chi connectivity index (χ0n) is 11.0. The van der Waals surface area contributed by atoms with Crippen LogP contribution in [0, 0.1) is 3.57 Å². The van der Waals surface area contributed by atoms with Gasteiger partial charge in [0.05, 0.1) is 19.0 Å². The third kappa shape index (κ3) is 3.49. The topological polar surface area (TPSA) is 18.5 Å². The summed E-state index contributed by atoms with van der Waals surface area (Å²) in [4.78, 5) is 0.0893. The summed E-state index contributed by atoms with van der Waals surface area (Å²) >= 11 is 9.68. The van der Waals surface area contributed by atoms with Gasteiger partial charge in [0.25, 0.3) is 0 Å². The largest absolute Gasteiger partial charge is 0.493 e. The van der Waals surface area contributed by atoms with E-state index in [1.165, 1.54) is 9.13 Å². The van der Waals surface area contributed by atoms with E-state index < -0.39 is 0 Å². The fraction of sp³-hybridized carbons (Fsp3) is 0.200. The molecule has 2 rings (SSSR count). The van der Waals surface area contributed by atoms with Gasteiger partial charge >= 0.3 is 0 Å². The summed E-state index contributed by atoms with van der Waals surface area (Å²) in [6.45, 7) is 0. The van der Waals surface area contributed by atoms with E-state index in [1.807, 2.05) is 18.2 Å². The third-order valence-electron chi connectivity index (χ3n) is 2.93. The maximum Gasteiger partial charge on any atom is 0.161 e. The maximum atomic E-state index is 5.36. The summed E-state index contributed by atoms with van der Waals surface area (Å²) in [7, 11) is 3.28. The highest BCUT2D eigenvalue weighted by Crippen LogP contribution is 2.39. The number of halogens is 3. The molecule has 1 atom stereocenters. The SMILES string of the molecule is COc1ccc(C(Br)c2cc(I)ccc2Br)cc1OC. The summed E-state index contributed by atoms with van der Waals surface area (Å²) in [6, 6.07) is 12.2. The fourth-order valence-electron chi connectivity index (χ4n) is 1.90. The maximum absolute atomic E-state index is 5.36. The van der Waals surface area contributed by atoms with E-state index in [9.17, 15) is 0 Å². The first-order chi connectivity index (χ1) is 9.56. The van der Waals surface area contributed by atoms with Gasteiger partial charge in [-0.1, -0.05) is 37.9 Å². The van der Waals surface area contributed by atoms with Crippen molar-refractivity contribution in [2.75, 3.05) is 14.2 Å². The van der Waals surface area contributed by atoms with Crippen molar-refractivity contribution in [2.24, 2.45) is 0 Å². The Hall–Kier alpha value is -0.270. The first-order valence-electron chi connectivity index (χ1n) is 5.87. The van der Waals surface area contributed by atoms with Crippen LogP contribution in [0.1, 0.15) is 16.0 Å². The second-order valence-corrected chi connectivity index (χ2v) is 7.16. The lowest BCUT2D eigenvalue weighted by atomic mass is 10.0. The smallest absolute Gasteiger partial charge is 0.161 e. The minimum absolute atomic E-state index is 0.0893. The normalized spacial score (nSPS) is 12.1. The number of hydrogen-bond donors (Lipinski definition) is 0. The number of methoxy groups -OCH3 is 2. The molecule has 106 valence electrons. The summed E-state index contributed by atoms with van der Waals surface area (Å²) in [6.07, 6.45) is 0. The predicted octanol–water partition coefficient (Wildman–Crippen LogP) is 5.56. The Kier molecular flexibility index (Phi) is 5.74. The number of rotatable bonds is 4. The van der Waals surface area contributed by atoms with Crippen LogP contribution in [0.15, 0.2) is 40.9 Å². The van der Waals surface area contributed by atoms with Crippen LogP contribution in [0.3, 0.4) is 0 Å². The molecule has 0 amide bonds. The molecule has 0 heterocycles. The number of alkyl halides is 1. The van der Waals surface area contributed by atoms with Crippen molar-refractivity contribution < 1.29 is 9.47 Å². The van der Waals surface area contributed by atoms with Crippen LogP contribution in [0.2, 0.25) is 0 Å². The minimum Gasteiger partial charge on any atom is -0.493 e. The van der Waals surface area contributed by atoms with Crippen molar-refractivity contribution in [3.63, 3.8) is 0 Å². The van der Waals surface area contributed by atoms with Gasteiger partial charge in [-0.15, -0.1) is 0 Å². The lowest BCUT2D eigenvalue weighted by molar-refractivity contribution is 0.354. The molecule has 2 nitrogen and oxygen atoms in total. The van der Waals surface area contributed by atoms with E-state index in [-0.39, 0.29) is 4.83 Å². The van der Waals surface area contributed by atoms with Gasteiger partial charge in [-0.2, -0.15) is 0 Å². The molecule has 0 N–H and O–H groups in total. The number of ether oxygens (including phenoxy) is 2. The summed E-state index contributed by atoms with van der Waals surface area (Å²) < 4.78 is 12.9. The first kappa shape index (κ1) is 16.1. The van der Waals surface area contributed by atoms with Crippen LogP contribution >= 0.6 is 54.5 Å². The van der Waals surface area contributed by atoms with Gasteiger partial charge in [0.2, 0.25) is 0 Å². The van der Waals surface area contributed by atoms with Crippen LogP contribution in [0.25, 0.3) is 0 Å².